The number of hydrogen-bond acceptors (Lipinski definition) is 3. The van der Waals surface area contributed by atoms with Crippen LogP contribution in [0.25, 0.3) is 10.8 Å². The maximum atomic E-state index is 10.9. The highest BCUT2D eigenvalue weighted by molar-refractivity contribution is 5.85. The summed E-state index contributed by atoms with van der Waals surface area (Å²) < 4.78 is 0. The first-order chi connectivity index (χ1) is 8.69. The molecule has 3 nitrogen and oxygen atoms in total. The number of rotatable bonds is 1. The molecule has 0 bridgehead atoms. The van der Waals surface area contributed by atoms with Crippen LogP contribution in [0.5, 0.6) is 0 Å². The molecule has 1 aromatic heterocycles. The van der Waals surface area contributed by atoms with E-state index in [-0.39, 0.29) is 6.04 Å². The Morgan fingerprint density at radius 3 is 2.78 bits per heavy atom. The molecule has 3 heteroatoms. The van der Waals surface area contributed by atoms with Gasteiger partial charge in [0, 0.05) is 23.8 Å². The van der Waals surface area contributed by atoms with Gasteiger partial charge in [0.2, 0.25) is 0 Å². The summed E-state index contributed by atoms with van der Waals surface area (Å²) in [6.45, 7) is 0. The monoisotopic (exact) mass is 242 g/mol. The second-order valence-corrected chi connectivity index (χ2v) is 5.27. The molecule has 0 radical (unpaired) electrons. The van der Waals surface area contributed by atoms with Crippen molar-refractivity contribution in [1.82, 2.24) is 4.98 Å². The maximum absolute atomic E-state index is 10.9. The lowest BCUT2D eigenvalue weighted by Gasteiger charge is -2.35. The van der Waals surface area contributed by atoms with E-state index >= 15 is 0 Å². The van der Waals surface area contributed by atoms with Crippen molar-refractivity contribution >= 4 is 10.8 Å². The van der Waals surface area contributed by atoms with Crippen LogP contribution in [0.4, 0.5) is 0 Å². The van der Waals surface area contributed by atoms with Crippen molar-refractivity contribution in [2.45, 2.75) is 37.3 Å². The quantitative estimate of drug-likeness (QED) is 0.806. The molecule has 3 rings (SSSR count). The molecule has 1 aliphatic carbocycles. The Labute approximate surface area is 107 Å². The molecule has 0 spiro atoms. The van der Waals surface area contributed by atoms with Crippen molar-refractivity contribution in [2.75, 3.05) is 0 Å². The molecule has 3 N–H and O–H groups in total. The largest absolute Gasteiger partial charge is 0.385 e. The van der Waals surface area contributed by atoms with Crippen LogP contribution in [-0.4, -0.2) is 16.1 Å². The van der Waals surface area contributed by atoms with Gasteiger partial charge in [0.05, 0.1) is 5.60 Å². The van der Waals surface area contributed by atoms with Gasteiger partial charge in [-0.1, -0.05) is 18.2 Å². The molecule has 0 saturated heterocycles. The molecule has 94 valence electrons. The Bertz CT molecular complexity index is 554. The number of pyridine rings is 1. The average molecular weight is 242 g/mol. The predicted octanol–water partition coefficient (Wildman–Crippen LogP) is 2.32. The van der Waals surface area contributed by atoms with Gasteiger partial charge in [0.1, 0.15) is 0 Å². The topological polar surface area (TPSA) is 59.1 Å². The van der Waals surface area contributed by atoms with E-state index in [1.54, 1.807) is 6.20 Å². The third kappa shape index (κ3) is 1.89. The van der Waals surface area contributed by atoms with Gasteiger partial charge in [-0.3, -0.25) is 4.98 Å². The average Bonchev–Trinajstić information content (AvgIpc) is 2.42. The van der Waals surface area contributed by atoms with E-state index in [1.165, 1.54) is 0 Å². The molecule has 0 amide bonds. The molecule has 1 saturated carbocycles. The lowest BCUT2D eigenvalue weighted by atomic mass is 9.76. The Balaban J connectivity index is 2.08. The summed E-state index contributed by atoms with van der Waals surface area (Å²) in [7, 11) is 0. The second kappa shape index (κ2) is 4.34. The normalized spacial score (nSPS) is 28.4. The molecular formula is C15H18N2O. The Hall–Kier alpha value is -1.45. The van der Waals surface area contributed by atoms with Crippen LogP contribution >= 0.6 is 0 Å². The first-order valence-corrected chi connectivity index (χ1v) is 6.50. The summed E-state index contributed by atoms with van der Waals surface area (Å²) in [6, 6.07) is 8.27. The summed E-state index contributed by atoms with van der Waals surface area (Å²) >= 11 is 0. The lowest BCUT2D eigenvalue weighted by Crippen LogP contribution is -2.36. The predicted molar refractivity (Wildman–Crippen MR) is 72.1 cm³/mol. The number of aliphatic hydroxyl groups is 1. The van der Waals surface area contributed by atoms with E-state index in [4.69, 9.17) is 5.73 Å². The molecule has 1 heterocycles. The Kier molecular flexibility index (Phi) is 2.80. The van der Waals surface area contributed by atoms with Crippen LogP contribution in [0, 0.1) is 0 Å². The highest BCUT2D eigenvalue weighted by atomic mass is 16.3. The smallest absolute Gasteiger partial charge is 0.0903 e. The number of nitrogens with zero attached hydrogens (tertiary/aromatic N) is 1. The van der Waals surface area contributed by atoms with Crippen molar-refractivity contribution in [1.29, 1.82) is 0 Å². The minimum atomic E-state index is -0.725. The van der Waals surface area contributed by atoms with Crippen molar-refractivity contribution in [3.05, 3.63) is 42.2 Å². The van der Waals surface area contributed by atoms with E-state index in [0.29, 0.717) is 0 Å². The van der Waals surface area contributed by atoms with Gasteiger partial charge >= 0.3 is 0 Å². The maximum Gasteiger partial charge on any atom is 0.0903 e. The van der Waals surface area contributed by atoms with Gasteiger partial charge in [-0.2, -0.15) is 0 Å². The number of fused-ring (bicyclic) bond motifs is 1. The minimum Gasteiger partial charge on any atom is -0.385 e. The molecule has 0 atom stereocenters. The number of hydrogen-bond donors (Lipinski definition) is 2. The highest BCUT2D eigenvalue weighted by Gasteiger charge is 2.34. The Morgan fingerprint density at radius 1 is 1.22 bits per heavy atom. The van der Waals surface area contributed by atoms with Gasteiger partial charge in [-0.25, -0.2) is 0 Å². The zero-order valence-corrected chi connectivity index (χ0v) is 10.3. The number of benzene rings is 1. The standard InChI is InChI=1S/C15H18N2O/c16-12-4-7-15(18,8-5-12)14-3-1-2-11-10-17-9-6-13(11)14/h1-3,6,9-10,12,18H,4-5,7-8,16H2. The van der Waals surface area contributed by atoms with E-state index in [0.717, 1.165) is 42.0 Å². The number of aromatic nitrogens is 1. The molecule has 1 fully saturated rings. The fourth-order valence-electron chi connectivity index (χ4n) is 2.92. The van der Waals surface area contributed by atoms with E-state index in [1.807, 2.05) is 30.5 Å². The third-order valence-electron chi connectivity index (χ3n) is 4.04. The van der Waals surface area contributed by atoms with E-state index in [9.17, 15) is 5.11 Å². The minimum absolute atomic E-state index is 0.238. The van der Waals surface area contributed by atoms with E-state index in [2.05, 4.69) is 4.98 Å². The summed E-state index contributed by atoms with van der Waals surface area (Å²) in [4.78, 5) is 4.13. The third-order valence-corrected chi connectivity index (χ3v) is 4.04. The van der Waals surface area contributed by atoms with Crippen molar-refractivity contribution in [2.24, 2.45) is 5.73 Å². The first kappa shape index (κ1) is 11.6. The molecule has 1 aliphatic rings. The van der Waals surface area contributed by atoms with Crippen molar-refractivity contribution in [3.8, 4) is 0 Å². The fourth-order valence-corrected chi connectivity index (χ4v) is 2.92. The first-order valence-electron chi connectivity index (χ1n) is 6.50. The summed E-state index contributed by atoms with van der Waals surface area (Å²) in [6.07, 6.45) is 6.89. The van der Waals surface area contributed by atoms with Crippen LogP contribution in [0.1, 0.15) is 31.2 Å². The zero-order valence-electron chi connectivity index (χ0n) is 10.3. The fraction of sp³-hybridized carbons (Fsp3) is 0.400. The summed E-state index contributed by atoms with van der Waals surface area (Å²) in [5.74, 6) is 0. The lowest BCUT2D eigenvalue weighted by molar-refractivity contribution is -0.00360. The molecule has 0 unspecified atom stereocenters. The number of nitrogens with two attached hydrogens (primary N) is 1. The van der Waals surface area contributed by atoms with Gasteiger partial charge in [-0.05, 0) is 42.7 Å². The van der Waals surface area contributed by atoms with E-state index < -0.39 is 5.60 Å². The van der Waals surface area contributed by atoms with Crippen LogP contribution < -0.4 is 5.73 Å². The van der Waals surface area contributed by atoms with Crippen LogP contribution in [0.3, 0.4) is 0 Å². The van der Waals surface area contributed by atoms with Crippen LogP contribution in [0.2, 0.25) is 0 Å². The van der Waals surface area contributed by atoms with Gasteiger partial charge in [0.15, 0.2) is 0 Å². The summed E-state index contributed by atoms with van der Waals surface area (Å²) in [5, 5.41) is 13.1. The second-order valence-electron chi connectivity index (χ2n) is 5.27. The van der Waals surface area contributed by atoms with Gasteiger partial charge in [-0.15, -0.1) is 0 Å². The molecule has 18 heavy (non-hydrogen) atoms. The SMILES string of the molecule is NC1CCC(O)(c2cccc3cnccc23)CC1. The van der Waals surface area contributed by atoms with Crippen LogP contribution in [0.15, 0.2) is 36.7 Å². The van der Waals surface area contributed by atoms with Gasteiger partial charge < -0.3 is 10.8 Å². The van der Waals surface area contributed by atoms with Crippen LogP contribution in [-0.2, 0) is 5.60 Å². The molecule has 0 aliphatic heterocycles. The Morgan fingerprint density at radius 2 is 2.00 bits per heavy atom. The zero-order chi connectivity index (χ0) is 12.6. The highest BCUT2D eigenvalue weighted by Crippen LogP contribution is 2.39. The molecule has 1 aromatic carbocycles. The van der Waals surface area contributed by atoms with Crippen molar-refractivity contribution in [3.63, 3.8) is 0 Å². The van der Waals surface area contributed by atoms with Gasteiger partial charge in [0.25, 0.3) is 0 Å². The molecular weight excluding hydrogens is 224 g/mol. The summed E-state index contributed by atoms with van der Waals surface area (Å²) in [5.41, 5.74) is 6.22. The van der Waals surface area contributed by atoms with Crippen molar-refractivity contribution < 1.29 is 5.11 Å². The molecule has 2 aromatic rings.